The number of nitrogens with one attached hydrogen (secondary N) is 1. The van der Waals surface area contributed by atoms with Crippen LogP contribution >= 0.6 is 0 Å². The maximum absolute atomic E-state index is 12.5. The normalized spacial score (nSPS) is 16.7. The second kappa shape index (κ2) is 5.92. The predicted octanol–water partition coefficient (Wildman–Crippen LogP) is 4.03. The Hall–Kier alpha value is -2.95. The Balaban J connectivity index is 1.68. The van der Waals surface area contributed by atoms with Gasteiger partial charge in [0.05, 0.1) is 23.2 Å². The van der Waals surface area contributed by atoms with E-state index in [-0.39, 0.29) is 11.7 Å². The molecule has 2 heterocycles. The molecule has 1 aliphatic carbocycles. The molecule has 120 valence electrons. The number of hydrogen-bond donors (Lipinski definition) is 1. The highest BCUT2D eigenvalue weighted by molar-refractivity contribution is 5.99. The first-order chi connectivity index (χ1) is 11.7. The smallest absolute Gasteiger partial charge is 0.227 e. The van der Waals surface area contributed by atoms with E-state index in [1.54, 1.807) is 6.26 Å². The van der Waals surface area contributed by atoms with Crippen molar-refractivity contribution in [2.75, 3.05) is 5.32 Å². The van der Waals surface area contributed by atoms with Gasteiger partial charge >= 0.3 is 0 Å². The Labute approximate surface area is 139 Å². The van der Waals surface area contributed by atoms with Crippen LogP contribution in [0.4, 0.5) is 11.6 Å². The monoisotopic (exact) mass is 319 g/mol. The SMILES string of the molecule is Cc1nc(Nc2ccccc2)nc2c1C(=O)CC(c1ccco1)C2. The third-order valence-electron chi connectivity index (χ3n) is 4.29. The van der Waals surface area contributed by atoms with E-state index in [0.29, 0.717) is 24.4 Å². The van der Waals surface area contributed by atoms with Crippen LogP contribution in [0.25, 0.3) is 0 Å². The predicted molar refractivity (Wildman–Crippen MR) is 90.6 cm³/mol. The van der Waals surface area contributed by atoms with Crippen molar-refractivity contribution < 1.29 is 9.21 Å². The van der Waals surface area contributed by atoms with Crippen LogP contribution in [0, 0.1) is 6.92 Å². The first-order valence-electron chi connectivity index (χ1n) is 7.97. The number of benzene rings is 1. The molecule has 5 heteroatoms. The zero-order chi connectivity index (χ0) is 16.5. The number of Topliss-reactive ketones (excluding diaryl/α,β-unsaturated/α-hetero) is 1. The van der Waals surface area contributed by atoms with Gasteiger partial charge in [-0.2, -0.15) is 0 Å². The molecule has 1 aliphatic rings. The minimum Gasteiger partial charge on any atom is -0.469 e. The largest absolute Gasteiger partial charge is 0.469 e. The number of carbonyl (C=O) groups excluding carboxylic acids is 1. The van der Waals surface area contributed by atoms with Crippen LogP contribution in [0.15, 0.2) is 53.1 Å². The van der Waals surface area contributed by atoms with Crippen LogP contribution in [-0.4, -0.2) is 15.8 Å². The highest BCUT2D eigenvalue weighted by atomic mass is 16.3. The zero-order valence-electron chi connectivity index (χ0n) is 13.3. The summed E-state index contributed by atoms with van der Waals surface area (Å²) in [7, 11) is 0. The number of para-hydroxylation sites is 1. The molecule has 0 saturated heterocycles. The number of nitrogens with zero attached hydrogens (tertiary/aromatic N) is 2. The molecule has 24 heavy (non-hydrogen) atoms. The summed E-state index contributed by atoms with van der Waals surface area (Å²) in [5.41, 5.74) is 3.10. The van der Waals surface area contributed by atoms with Crippen molar-refractivity contribution in [1.82, 2.24) is 9.97 Å². The molecule has 0 spiro atoms. The lowest BCUT2D eigenvalue weighted by atomic mass is 9.84. The Kier molecular flexibility index (Phi) is 3.61. The molecule has 1 N–H and O–H groups in total. The van der Waals surface area contributed by atoms with E-state index in [4.69, 9.17) is 4.42 Å². The van der Waals surface area contributed by atoms with Crippen molar-refractivity contribution >= 4 is 17.4 Å². The van der Waals surface area contributed by atoms with Gasteiger partial charge in [-0.3, -0.25) is 4.79 Å². The topological polar surface area (TPSA) is 68.0 Å². The van der Waals surface area contributed by atoms with Gasteiger partial charge < -0.3 is 9.73 Å². The van der Waals surface area contributed by atoms with Gasteiger partial charge in [0.25, 0.3) is 0 Å². The number of ketones is 1. The standard InChI is InChI=1S/C19H17N3O2/c1-12-18-15(10-13(11-16(18)23)17-8-5-9-24-17)22-19(20-12)21-14-6-3-2-4-7-14/h2-9,13H,10-11H2,1H3,(H,20,21,22). The highest BCUT2D eigenvalue weighted by Crippen LogP contribution is 2.33. The lowest BCUT2D eigenvalue weighted by Crippen LogP contribution is -2.22. The quantitative estimate of drug-likeness (QED) is 0.789. The summed E-state index contributed by atoms with van der Waals surface area (Å²) in [5.74, 6) is 1.48. The summed E-state index contributed by atoms with van der Waals surface area (Å²) in [6.45, 7) is 1.86. The second-order valence-electron chi connectivity index (χ2n) is 5.99. The van der Waals surface area contributed by atoms with E-state index in [1.807, 2.05) is 49.4 Å². The van der Waals surface area contributed by atoms with E-state index >= 15 is 0 Å². The Bertz CT molecular complexity index is 873. The van der Waals surface area contributed by atoms with Crippen LogP contribution in [0.2, 0.25) is 0 Å². The molecule has 0 saturated carbocycles. The van der Waals surface area contributed by atoms with Crippen LogP contribution in [0.3, 0.4) is 0 Å². The fourth-order valence-corrected chi connectivity index (χ4v) is 3.21. The minimum atomic E-state index is 0.0406. The zero-order valence-corrected chi connectivity index (χ0v) is 13.3. The molecule has 0 fully saturated rings. The molecule has 1 aromatic carbocycles. The first kappa shape index (κ1) is 14.6. The molecule has 1 atom stereocenters. The van der Waals surface area contributed by atoms with Gasteiger partial charge in [0.2, 0.25) is 5.95 Å². The maximum atomic E-state index is 12.5. The fraction of sp³-hybridized carbons (Fsp3) is 0.211. The summed E-state index contributed by atoms with van der Waals surface area (Å²) in [4.78, 5) is 21.6. The summed E-state index contributed by atoms with van der Waals surface area (Å²) < 4.78 is 5.48. The summed E-state index contributed by atoms with van der Waals surface area (Å²) >= 11 is 0. The summed E-state index contributed by atoms with van der Waals surface area (Å²) in [6.07, 6.45) is 2.76. The molecule has 3 aromatic rings. The Morgan fingerprint density at radius 1 is 1.08 bits per heavy atom. The number of aryl methyl sites for hydroxylation is 1. The van der Waals surface area contributed by atoms with Crippen molar-refractivity contribution in [1.29, 1.82) is 0 Å². The maximum Gasteiger partial charge on any atom is 0.227 e. The number of anilines is 2. The average Bonchev–Trinajstić information content (AvgIpc) is 3.09. The lowest BCUT2D eigenvalue weighted by Gasteiger charge is -2.23. The summed E-state index contributed by atoms with van der Waals surface area (Å²) in [5, 5.41) is 3.20. The number of carbonyl (C=O) groups is 1. The molecule has 0 aliphatic heterocycles. The van der Waals surface area contributed by atoms with Gasteiger partial charge in [-0.1, -0.05) is 18.2 Å². The molecular formula is C19H17N3O2. The van der Waals surface area contributed by atoms with Crippen molar-refractivity contribution in [3.8, 4) is 0 Å². The van der Waals surface area contributed by atoms with Gasteiger partial charge in [0.1, 0.15) is 5.76 Å². The second-order valence-corrected chi connectivity index (χ2v) is 5.99. The van der Waals surface area contributed by atoms with Gasteiger partial charge in [0, 0.05) is 24.4 Å². The molecule has 5 nitrogen and oxygen atoms in total. The third kappa shape index (κ3) is 2.69. The van der Waals surface area contributed by atoms with E-state index in [2.05, 4.69) is 15.3 Å². The number of rotatable bonds is 3. The van der Waals surface area contributed by atoms with Crippen molar-refractivity contribution in [2.45, 2.75) is 25.7 Å². The number of furan rings is 1. The van der Waals surface area contributed by atoms with E-state index in [1.165, 1.54) is 0 Å². The van der Waals surface area contributed by atoms with Crippen molar-refractivity contribution in [3.63, 3.8) is 0 Å². The Morgan fingerprint density at radius 2 is 1.92 bits per heavy atom. The summed E-state index contributed by atoms with van der Waals surface area (Å²) in [6, 6.07) is 13.5. The van der Waals surface area contributed by atoms with Gasteiger partial charge in [0.15, 0.2) is 5.78 Å². The highest BCUT2D eigenvalue weighted by Gasteiger charge is 2.31. The Morgan fingerprint density at radius 3 is 2.67 bits per heavy atom. The first-order valence-corrected chi connectivity index (χ1v) is 7.97. The third-order valence-corrected chi connectivity index (χ3v) is 4.29. The van der Waals surface area contributed by atoms with E-state index in [0.717, 1.165) is 22.8 Å². The lowest BCUT2D eigenvalue weighted by molar-refractivity contribution is 0.0958. The van der Waals surface area contributed by atoms with Crippen molar-refractivity contribution in [2.24, 2.45) is 0 Å². The van der Waals surface area contributed by atoms with E-state index in [9.17, 15) is 4.79 Å². The van der Waals surface area contributed by atoms with Crippen LogP contribution in [-0.2, 0) is 6.42 Å². The number of hydrogen-bond acceptors (Lipinski definition) is 5. The van der Waals surface area contributed by atoms with Crippen LogP contribution in [0.1, 0.15) is 39.8 Å². The molecule has 1 unspecified atom stereocenters. The molecule has 2 aromatic heterocycles. The average molecular weight is 319 g/mol. The van der Waals surface area contributed by atoms with E-state index < -0.39 is 0 Å². The number of fused-ring (bicyclic) bond motifs is 1. The van der Waals surface area contributed by atoms with Crippen molar-refractivity contribution in [3.05, 3.63) is 71.4 Å². The van der Waals surface area contributed by atoms with Gasteiger partial charge in [-0.25, -0.2) is 9.97 Å². The van der Waals surface area contributed by atoms with Gasteiger partial charge in [-0.05, 0) is 31.2 Å². The molecular weight excluding hydrogens is 302 g/mol. The molecule has 0 bridgehead atoms. The van der Waals surface area contributed by atoms with Crippen LogP contribution < -0.4 is 5.32 Å². The number of aromatic nitrogens is 2. The fourth-order valence-electron chi connectivity index (χ4n) is 3.21. The minimum absolute atomic E-state index is 0.0406. The van der Waals surface area contributed by atoms with Gasteiger partial charge in [-0.15, -0.1) is 0 Å². The molecule has 0 amide bonds. The molecule has 4 rings (SSSR count). The van der Waals surface area contributed by atoms with Crippen LogP contribution in [0.5, 0.6) is 0 Å². The molecule has 0 radical (unpaired) electrons.